The number of hydrogen-bond acceptors (Lipinski definition) is 6. The third kappa shape index (κ3) is 9.79. The van der Waals surface area contributed by atoms with Crippen LogP contribution in [0.3, 0.4) is 0 Å². The number of benzene rings is 5. The fourth-order valence-corrected chi connectivity index (χ4v) is 5.12. The predicted octanol–water partition coefficient (Wildman–Crippen LogP) is 8.49. The Hall–Kier alpha value is -4.92. The lowest BCUT2D eigenvalue weighted by atomic mass is 10.1. The number of amides is 1. The summed E-state index contributed by atoms with van der Waals surface area (Å²) < 4.78 is 12.5. The topological polar surface area (TPSA) is 77.1 Å². The van der Waals surface area contributed by atoms with E-state index in [1.807, 2.05) is 115 Å². The molecule has 45 heavy (non-hydrogen) atoms. The number of rotatable bonds is 13. The lowest BCUT2D eigenvalue weighted by Crippen LogP contribution is -2.27. The van der Waals surface area contributed by atoms with Crippen molar-refractivity contribution in [2.45, 2.75) is 26.4 Å². The van der Waals surface area contributed by atoms with Gasteiger partial charge in [-0.05, 0) is 83.8 Å². The lowest BCUT2D eigenvalue weighted by Gasteiger charge is -2.22. The average Bonchev–Trinajstić information content (AvgIpc) is 3.03. The minimum absolute atomic E-state index is 0.168. The first kappa shape index (κ1) is 31.5. The van der Waals surface area contributed by atoms with Crippen LogP contribution in [0.5, 0.6) is 23.0 Å². The van der Waals surface area contributed by atoms with Gasteiger partial charge in [-0.3, -0.25) is 9.59 Å². The van der Waals surface area contributed by atoms with Gasteiger partial charge in [0.05, 0.1) is 13.1 Å². The van der Waals surface area contributed by atoms with Crippen LogP contribution in [0.25, 0.3) is 0 Å². The van der Waals surface area contributed by atoms with Crippen LogP contribution in [-0.4, -0.2) is 23.5 Å². The van der Waals surface area contributed by atoms with Crippen molar-refractivity contribution in [3.63, 3.8) is 0 Å². The highest BCUT2D eigenvalue weighted by atomic mass is 79.9. The summed E-state index contributed by atoms with van der Waals surface area (Å²) in [6.45, 7) is 2.52. The molecule has 5 aromatic carbocycles. The predicted molar refractivity (Wildman–Crippen MR) is 177 cm³/mol. The van der Waals surface area contributed by atoms with Gasteiger partial charge in [-0.2, -0.15) is 0 Å². The van der Waals surface area contributed by atoms with Gasteiger partial charge in [0.25, 0.3) is 5.91 Å². The molecular weight excluding hydrogens is 632 g/mol. The van der Waals surface area contributed by atoms with Gasteiger partial charge in [-0.25, -0.2) is 0 Å². The fraction of sp³-hybridized carbons (Fsp3) is 0.135. The zero-order valence-electron chi connectivity index (χ0n) is 24.8. The largest absolute Gasteiger partial charge is 0.457 e. The van der Waals surface area contributed by atoms with Crippen LogP contribution in [0.1, 0.15) is 34.0 Å². The number of ether oxygens (including phenoxy) is 2. The van der Waals surface area contributed by atoms with Gasteiger partial charge in [-0.15, -0.1) is 5.06 Å². The van der Waals surface area contributed by atoms with E-state index in [0.29, 0.717) is 37.4 Å². The Kier molecular flexibility index (Phi) is 11.0. The third-order valence-corrected chi connectivity index (χ3v) is 7.50. The van der Waals surface area contributed by atoms with E-state index in [1.165, 1.54) is 6.92 Å². The summed E-state index contributed by atoms with van der Waals surface area (Å²) in [5.41, 5.74) is 3.40. The number of halogens is 1. The molecule has 0 heterocycles. The Labute approximate surface area is 271 Å². The van der Waals surface area contributed by atoms with Crippen molar-refractivity contribution in [1.29, 1.82) is 0 Å². The summed E-state index contributed by atoms with van der Waals surface area (Å²) in [5.74, 6) is 2.38. The van der Waals surface area contributed by atoms with Crippen LogP contribution < -0.4 is 14.8 Å². The van der Waals surface area contributed by atoms with Gasteiger partial charge < -0.3 is 19.6 Å². The van der Waals surface area contributed by atoms with Gasteiger partial charge >= 0.3 is 5.97 Å². The van der Waals surface area contributed by atoms with Crippen LogP contribution in [0.2, 0.25) is 0 Å². The molecule has 0 unspecified atom stereocenters. The molecule has 7 nitrogen and oxygen atoms in total. The van der Waals surface area contributed by atoms with E-state index in [4.69, 9.17) is 14.3 Å². The van der Waals surface area contributed by atoms with E-state index in [-0.39, 0.29) is 5.91 Å². The Balaban J connectivity index is 1.15. The molecule has 0 fully saturated rings. The van der Waals surface area contributed by atoms with Crippen LogP contribution in [0.4, 0.5) is 0 Å². The summed E-state index contributed by atoms with van der Waals surface area (Å²) in [4.78, 5) is 30.3. The molecule has 8 heteroatoms. The Morgan fingerprint density at radius 1 is 0.667 bits per heavy atom. The second-order valence-corrected chi connectivity index (χ2v) is 11.2. The SMILES string of the molecule is CC(=O)ON(Cc1cccc(Oc2ccccc2)c1)Cc1ccc(C(=O)NCCc2ccc(Oc3ccccc3)cc2)cc1Br. The molecule has 0 aliphatic rings. The minimum atomic E-state index is -0.419. The van der Waals surface area contributed by atoms with Crippen molar-refractivity contribution in [1.82, 2.24) is 10.4 Å². The lowest BCUT2D eigenvalue weighted by molar-refractivity contribution is -0.194. The molecule has 0 saturated heterocycles. The number of hydrogen-bond donors (Lipinski definition) is 1. The number of carbonyl (C=O) groups is 2. The highest BCUT2D eigenvalue weighted by Crippen LogP contribution is 2.25. The Morgan fingerprint density at radius 2 is 1.29 bits per heavy atom. The van der Waals surface area contributed by atoms with Crippen molar-refractivity contribution in [2.75, 3.05) is 6.54 Å². The maximum Gasteiger partial charge on any atom is 0.322 e. The first-order valence-corrected chi connectivity index (χ1v) is 15.3. The number of carbonyl (C=O) groups excluding carboxylic acids is 2. The highest BCUT2D eigenvalue weighted by molar-refractivity contribution is 9.10. The van der Waals surface area contributed by atoms with Crippen LogP contribution in [-0.2, 0) is 29.1 Å². The number of nitrogens with zero attached hydrogens (tertiary/aromatic N) is 1. The van der Waals surface area contributed by atoms with Gasteiger partial charge in [-0.1, -0.05) is 82.7 Å². The van der Waals surface area contributed by atoms with Gasteiger partial charge in [0.15, 0.2) is 0 Å². The molecule has 0 aliphatic heterocycles. The molecule has 1 N–H and O–H groups in total. The van der Waals surface area contributed by atoms with Crippen LogP contribution >= 0.6 is 15.9 Å². The molecule has 228 valence electrons. The zero-order chi connectivity index (χ0) is 31.4. The summed E-state index contributed by atoms with van der Waals surface area (Å²) >= 11 is 3.60. The molecule has 1 amide bonds. The first-order chi connectivity index (χ1) is 21.9. The zero-order valence-corrected chi connectivity index (χ0v) is 26.4. The quantitative estimate of drug-likeness (QED) is 0.127. The molecule has 0 bridgehead atoms. The van der Waals surface area contributed by atoms with E-state index in [0.717, 1.165) is 38.4 Å². The fourth-order valence-electron chi connectivity index (χ4n) is 4.62. The Bertz CT molecular complexity index is 1710. The standard InChI is InChI=1S/C37H33BrN2O5/c1-27(41)45-40(25-29-9-8-14-35(23-29)44-33-12-6-3-7-13-33)26-31-18-17-30(24-36(31)38)37(42)39-22-21-28-15-19-34(20-16-28)43-32-10-4-2-5-11-32/h2-20,23-24H,21-22,25-26H2,1H3,(H,39,42). The smallest absolute Gasteiger partial charge is 0.322 e. The van der Waals surface area contributed by atoms with Gasteiger partial charge in [0.2, 0.25) is 0 Å². The van der Waals surface area contributed by atoms with Crippen molar-refractivity contribution in [3.05, 3.63) is 154 Å². The molecule has 5 aromatic rings. The number of nitrogens with one attached hydrogen (secondary N) is 1. The van der Waals surface area contributed by atoms with Gasteiger partial charge in [0, 0.05) is 23.5 Å². The normalized spacial score (nSPS) is 10.7. The Morgan fingerprint density at radius 3 is 1.93 bits per heavy atom. The summed E-state index contributed by atoms with van der Waals surface area (Å²) in [6, 6.07) is 40.1. The number of hydroxylamine groups is 2. The van der Waals surface area contributed by atoms with Crippen LogP contribution in [0, 0.1) is 0 Å². The van der Waals surface area contributed by atoms with E-state index in [2.05, 4.69) is 21.2 Å². The maximum atomic E-state index is 12.9. The van der Waals surface area contributed by atoms with Crippen molar-refractivity contribution in [2.24, 2.45) is 0 Å². The summed E-state index contributed by atoms with van der Waals surface area (Å²) in [5, 5.41) is 4.57. The molecule has 0 radical (unpaired) electrons. The van der Waals surface area contributed by atoms with E-state index < -0.39 is 5.97 Å². The summed E-state index contributed by atoms with van der Waals surface area (Å²) in [7, 11) is 0. The monoisotopic (exact) mass is 664 g/mol. The van der Waals surface area contributed by atoms with Crippen molar-refractivity contribution >= 4 is 27.8 Å². The minimum Gasteiger partial charge on any atom is -0.457 e. The number of para-hydroxylation sites is 2. The van der Waals surface area contributed by atoms with E-state index in [1.54, 1.807) is 17.2 Å². The third-order valence-electron chi connectivity index (χ3n) is 6.76. The maximum absolute atomic E-state index is 12.9. The molecule has 0 aliphatic carbocycles. The molecular formula is C37H33BrN2O5. The highest BCUT2D eigenvalue weighted by Gasteiger charge is 2.15. The first-order valence-electron chi connectivity index (χ1n) is 14.5. The molecule has 0 atom stereocenters. The van der Waals surface area contributed by atoms with E-state index in [9.17, 15) is 9.59 Å². The second kappa shape index (κ2) is 15.7. The molecule has 0 spiro atoms. The second-order valence-electron chi connectivity index (χ2n) is 10.3. The average molecular weight is 666 g/mol. The molecule has 5 rings (SSSR count). The molecule has 0 aromatic heterocycles. The van der Waals surface area contributed by atoms with Crippen molar-refractivity contribution in [3.8, 4) is 23.0 Å². The van der Waals surface area contributed by atoms with E-state index >= 15 is 0 Å². The molecule has 0 saturated carbocycles. The van der Waals surface area contributed by atoms with Crippen molar-refractivity contribution < 1.29 is 23.9 Å². The van der Waals surface area contributed by atoms with Crippen LogP contribution in [0.15, 0.2) is 132 Å². The van der Waals surface area contributed by atoms with Gasteiger partial charge in [0.1, 0.15) is 23.0 Å². The summed E-state index contributed by atoms with van der Waals surface area (Å²) in [6.07, 6.45) is 0.686.